The van der Waals surface area contributed by atoms with Gasteiger partial charge in [0.1, 0.15) is 6.10 Å². The fraction of sp³-hybridized carbons (Fsp3) is 0.500. The maximum absolute atomic E-state index is 10.1. The van der Waals surface area contributed by atoms with Crippen LogP contribution in [0.5, 0.6) is 0 Å². The van der Waals surface area contributed by atoms with Gasteiger partial charge in [-0.2, -0.15) is 0 Å². The highest BCUT2D eigenvalue weighted by Gasteiger charge is 2.20. The van der Waals surface area contributed by atoms with Crippen molar-refractivity contribution in [3.8, 4) is 0 Å². The van der Waals surface area contributed by atoms with Crippen LogP contribution in [0.25, 0.3) is 10.4 Å². The van der Waals surface area contributed by atoms with Gasteiger partial charge in [-0.25, -0.2) is 0 Å². The zero-order chi connectivity index (χ0) is 13.7. The fourth-order valence-electron chi connectivity index (χ4n) is 1.78. The van der Waals surface area contributed by atoms with Crippen molar-refractivity contribution in [2.24, 2.45) is 5.11 Å². The molecule has 0 aliphatic heterocycles. The Bertz CT molecular complexity index is 469. The Balaban J connectivity index is 2.85. The van der Waals surface area contributed by atoms with Crippen molar-refractivity contribution < 1.29 is 10.2 Å². The number of aliphatic hydroxyl groups is 2. The zero-order valence-electron chi connectivity index (χ0n) is 10.5. The average Bonchev–Trinajstić information content (AvgIpc) is 2.33. The second-order valence-corrected chi connectivity index (χ2v) is 4.32. The van der Waals surface area contributed by atoms with Gasteiger partial charge in [-0.05, 0) is 48.6 Å². The summed E-state index contributed by atoms with van der Waals surface area (Å²) < 4.78 is 0. The molecule has 1 aromatic rings. The standard InChI is InChI=1S/C12H18N4O2/c1-7-6-10(13)8(2)5-9(7)12(18)11(17)3-4-15-16-14/h5-6,11-12,17-18H,3-4,13H2,1-2H3. The predicted molar refractivity (Wildman–Crippen MR) is 69.9 cm³/mol. The molecule has 0 aliphatic carbocycles. The third-order valence-electron chi connectivity index (χ3n) is 2.93. The number of azide groups is 1. The molecule has 0 aromatic heterocycles. The number of aliphatic hydroxyl groups excluding tert-OH is 2. The molecule has 98 valence electrons. The first kappa shape index (κ1) is 14.3. The first-order valence-corrected chi connectivity index (χ1v) is 5.71. The van der Waals surface area contributed by atoms with Gasteiger partial charge in [0, 0.05) is 17.1 Å². The van der Waals surface area contributed by atoms with E-state index < -0.39 is 12.2 Å². The van der Waals surface area contributed by atoms with Crippen LogP contribution in [0.1, 0.15) is 29.2 Å². The molecule has 2 atom stereocenters. The van der Waals surface area contributed by atoms with E-state index >= 15 is 0 Å². The van der Waals surface area contributed by atoms with Crippen LogP contribution in [-0.4, -0.2) is 22.9 Å². The zero-order valence-corrected chi connectivity index (χ0v) is 10.5. The summed E-state index contributed by atoms with van der Waals surface area (Å²) in [6.45, 7) is 3.83. The molecule has 0 amide bonds. The quantitative estimate of drug-likeness (QED) is 0.321. The lowest BCUT2D eigenvalue weighted by atomic mass is 9.95. The molecule has 1 aromatic carbocycles. The van der Waals surface area contributed by atoms with E-state index in [1.165, 1.54) is 0 Å². The summed E-state index contributed by atoms with van der Waals surface area (Å²) in [4.78, 5) is 2.60. The van der Waals surface area contributed by atoms with E-state index in [0.29, 0.717) is 11.3 Å². The Kier molecular flexibility index (Phi) is 4.97. The van der Waals surface area contributed by atoms with Gasteiger partial charge in [0.15, 0.2) is 0 Å². The molecule has 0 radical (unpaired) electrons. The van der Waals surface area contributed by atoms with Crippen LogP contribution in [-0.2, 0) is 0 Å². The van der Waals surface area contributed by atoms with Crippen LogP contribution < -0.4 is 5.73 Å². The van der Waals surface area contributed by atoms with Crippen molar-refractivity contribution >= 4 is 5.69 Å². The lowest BCUT2D eigenvalue weighted by molar-refractivity contribution is 0.0146. The smallest absolute Gasteiger partial charge is 0.105 e. The van der Waals surface area contributed by atoms with Crippen LogP contribution in [0.15, 0.2) is 17.2 Å². The second kappa shape index (κ2) is 6.26. The molecule has 0 saturated heterocycles. The Labute approximate surface area is 106 Å². The topological polar surface area (TPSA) is 115 Å². The van der Waals surface area contributed by atoms with Gasteiger partial charge in [0.25, 0.3) is 0 Å². The average molecular weight is 250 g/mol. The van der Waals surface area contributed by atoms with Crippen molar-refractivity contribution in [2.45, 2.75) is 32.5 Å². The molecule has 0 bridgehead atoms. The van der Waals surface area contributed by atoms with E-state index in [1.54, 1.807) is 12.1 Å². The molecular formula is C12H18N4O2. The minimum Gasteiger partial charge on any atom is -0.399 e. The van der Waals surface area contributed by atoms with Gasteiger partial charge in [-0.15, -0.1) is 0 Å². The number of nitrogen functional groups attached to an aromatic ring is 1. The molecule has 2 unspecified atom stereocenters. The van der Waals surface area contributed by atoms with Gasteiger partial charge in [-0.1, -0.05) is 11.2 Å². The number of hydrogen-bond donors (Lipinski definition) is 3. The number of aryl methyl sites for hydroxylation is 2. The molecule has 6 heteroatoms. The molecule has 0 saturated carbocycles. The second-order valence-electron chi connectivity index (χ2n) is 4.32. The monoisotopic (exact) mass is 250 g/mol. The molecule has 6 nitrogen and oxygen atoms in total. The summed E-state index contributed by atoms with van der Waals surface area (Å²) in [6, 6.07) is 3.54. The molecule has 18 heavy (non-hydrogen) atoms. The first-order chi connectivity index (χ1) is 8.47. The SMILES string of the molecule is Cc1cc(C(O)C(O)CCN=[N+]=[N-])c(C)cc1N. The number of rotatable bonds is 5. The maximum atomic E-state index is 10.1. The lowest BCUT2D eigenvalue weighted by Gasteiger charge is -2.20. The molecule has 0 fully saturated rings. The van der Waals surface area contributed by atoms with Crippen molar-refractivity contribution in [2.75, 3.05) is 12.3 Å². The van der Waals surface area contributed by atoms with Gasteiger partial charge in [0.2, 0.25) is 0 Å². The predicted octanol–water partition coefficient (Wildman–Crippen LogP) is 1.98. The third kappa shape index (κ3) is 3.37. The van der Waals surface area contributed by atoms with Crippen LogP contribution in [0, 0.1) is 13.8 Å². The minimum atomic E-state index is -1.00. The lowest BCUT2D eigenvalue weighted by Crippen LogP contribution is -2.20. The fourth-order valence-corrected chi connectivity index (χ4v) is 1.78. The van der Waals surface area contributed by atoms with E-state index in [9.17, 15) is 10.2 Å². The molecule has 0 heterocycles. The van der Waals surface area contributed by atoms with E-state index in [-0.39, 0.29) is 13.0 Å². The van der Waals surface area contributed by atoms with Crippen LogP contribution in [0.4, 0.5) is 5.69 Å². The number of nitrogens with two attached hydrogens (primary N) is 1. The Hall–Kier alpha value is -1.75. The summed E-state index contributed by atoms with van der Waals surface area (Å²) in [7, 11) is 0. The van der Waals surface area contributed by atoms with E-state index in [0.717, 1.165) is 11.1 Å². The highest BCUT2D eigenvalue weighted by Crippen LogP contribution is 2.26. The van der Waals surface area contributed by atoms with Crippen molar-refractivity contribution in [1.82, 2.24) is 0 Å². The highest BCUT2D eigenvalue weighted by molar-refractivity contribution is 5.51. The third-order valence-corrected chi connectivity index (χ3v) is 2.93. The first-order valence-electron chi connectivity index (χ1n) is 5.71. The van der Waals surface area contributed by atoms with E-state index in [1.807, 2.05) is 13.8 Å². The number of benzene rings is 1. The summed E-state index contributed by atoms with van der Waals surface area (Å²) in [5.41, 5.74) is 16.9. The minimum absolute atomic E-state index is 0.154. The van der Waals surface area contributed by atoms with Crippen molar-refractivity contribution in [3.63, 3.8) is 0 Å². The van der Waals surface area contributed by atoms with Crippen molar-refractivity contribution in [3.05, 3.63) is 39.3 Å². The molecule has 0 aliphatic rings. The normalized spacial score (nSPS) is 13.8. The van der Waals surface area contributed by atoms with Gasteiger partial charge in [-0.3, -0.25) is 0 Å². The van der Waals surface area contributed by atoms with Gasteiger partial charge >= 0.3 is 0 Å². The summed E-state index contributed by atoms with van der Waals surface area (Å²) in [6.07, 6.45) is -1.75. The van der Waals surface area contributed by atoms with E-state index in [2.05, 4.69) is 10.0 Å². The van der Waals surface area contributed by atoms with Crippen LogP contribution in [0.3, 0.4) is 0 Å². The van der Waals surface area contributed by atoms with Crippen LogP contribution >= 0.6 is 0 Å². The number of hydrogen-bond acceptors (Lipinski definition) is 4. The number of anilines is 1. The molecule has 0 spiro atoms. The Morgan fingerprint density at radius 3 is 2.61 bits per heavy atom. The Morgan fingerprint density at radius 1 is 1.33 bits per heavy atom. The van der Waals surface area contributed by atoms with E-state index in [4.69, 9.17) is 11.3 Å². The van der Waals surface area contributed by atoms with Gasteiger partial charge < -0.3 is 15.9 Å². The Morgan fingerprint density at radius 2 is 2.00 bits per heavy atom. The maximum Gasteiger partial charge on any atom is 0.105 e. The number of nitrogens with zero attached hydrogens (tertiary/aromatic N) is 3. The van der Waals surface area contributed by atoms with Gasteiger partial charge in [0.05, 0.1) is 6.10 Å². The summed E-state index contributed by atoms with van der Waals surface area (Å²) >= 11 is 0. The molecule has 1 rings (SSSR count). The largest absolute Gasteiger partial charge is 0.399 e. The molecule has 4 N–H and O–H groups in total. The van der Waals surface area contributed by atoms with Crippen molar-refractivity contribution in [1.29, 1.82) is 0 Å². The molecular weight excluding hydrogens is 232 g/mol. The summed E-state index contributed by atoms with van der Waals surface area (Å²) in [5.74, 6) is 0. The summed E-state index contributed by atoms with van der Waals surface area (Å²) in [5, 5.41) is 23.2. The highest BCUT2D eigenvalue weighted by atomic mass is 16.3. The van der Waals surface area contributed by atoms with Crippen LogP contribution in [0.2, 0.25) is 0 Å².